The Kier molecular flexibility index (Phi) is 5.74. The van der Waals surface area contributed by atoms with Crippen LogP contribution in [0.1, 0.15) is 18.5 Å². The lowest BCUT2D eigenvalue weighted by atomic mass is 9.89. The molecule has 1 aliphatic heterocycles. The largest absolute Gasteiger partial charge is 0.465 e. The van der Waals surface area contributed by atoms with Gasteiger partial charge in [-0.3, -0.25) is 14.5 Å². The maximum Gasteiger partial charge on any atom is 0.321 e. The lowest BCUT2D eigenvalue weighted by Crippen LogP contribution is -2.51. The number of hydrogen-bond acceptors (Lipinski definition) is 5. The van der Waals surface area contributed by atoms with Gasteiger partial charge in [0.2, 0.25) is 11.9 Å². The van der Waals surface area contributed by atoms with E-state index in [1.165, 1.54) is 4.90 Å². The van der Waals surface area contributed by atoms with Crippen molar-refractivity contribution in [3.05, 3.63) is 59.1 Å². The topological polar surface area (TPSA) is 73.7 Å². The van der Waals surface area contributed by atoms with Crippen molar-refractivity contribution in [3.8, 4) is 0 Å². The molecule has 1 aliphatic rings. The highest BCUT2D eigenvalue weighted by Crippen LogP contribution is 2.41. The number of carbonyl (C=O) groups excluding carboxylic acids is 2. The molecule has 2 aromatic carbocycles. The fourth-order valence-corrected chi connectivity index (χ4v) is 4.03. The molecule has 7 nitrogen and oxygen atoms in total. The van der Waals surface area contributed by atoms with Gasteiger partial charge < -0.3 is 14.0 Å². The van der Waals surface area contributed by atoms with Crippen LogP contribution in [0.3, 0.4) is 0 Å². The van der Waals surface area contributed by atoms with E-state index in [4.69, 9.17) is 26.1 Å². The molecule has 8 heteroatoms. The van der Waals surface area contributed by atoms with Crippen molar-refractivity contribution in [2.45, 2.75) is 13.0 Å². The van der Waals surface area contributed by atoms with Crippen LogP contribution in [0, 0.1) is 5.92 Å². The Labute approximate surface area is 179 Å². The van der Waals surface area contributed by atoms with Gasteiger partial charge in [0.15, 0.2) is 5.92 Å². The number of halogens is 1. The summed E-state index contributed by atoms with van der Waals surface area (Å²) >= 11 is 6.08. The van der Waals surface area contributed by atoms with Crippen LogP contribution >= 0.6 is 11.6 Å². The first kappa shape index (κ1) is 20.4. The zero-order chi connectivity index (χ0) is 21.3. The van der Waals surface area contributed by atoms with E-state index < -0.39 is 17.9 Å². The first-order chi connectivity index (χ1) is 14.6. The van der Waals surface area contributed by atoms with Gasteiger partial charge in [0.1, 0.15) is 0 Å². The quantitative estimate of drug-likeness (QED) is 0.445. The molecule has 0 fully saturated rings. The van der Waals surface area contributed by atoms with Gasteiger partial charge in [0.25, 0.3) is 0 Å². The smallest absolute Gasteiger partial charge is 0.321 e. The van der Waals surface area contributed by atoms with Crippen LogP contribution < -0.4 is 4.90 Å². The van der Waals surface area contributed by atoms with E-state index in [9.17, 15) is 9.59 Å². The van der Waals surface area contributed by atoms with Gasteiger partial charge in [-0.2, -0.15) is 0 Å². The number of nitrogens with zero attached hydrogens (tertiary/aromatic N) is 3. The van der Waals surface area contributed by atoms with E-state index in [-0.39, 0.29) is 19.1 Å². The summed E-state index contributed by atoms with van der Waals surface area (Å²) in [4.78, 5) is 32.7. The second-order valence-corrected chi connectivity index (χ2v) is 7.42. The zero-order valence-corrected chi connectivity index (χ0v) is 17.5. The molecule has 2 heterocycles. The maximum atomic E-state index is 13.5. The van der Waals surface area contributed by atoms with Crippen molar-refractivity contribution in [2.75, 3.05) is 31.8 Å². The summed E-state index contributed by atoms with van der Waals surface area (Å²) < 4.78 is 12.4. The normalized spacial score (nSPS) is 18.5. The molecular weight excluding hydrogens is 406 g/mol. The molecule has 0 saturated carbocycles. The molecule has 3 aromatic rings. The Balaban J connectivity index is 1.97. The van der Waals surface area contributed by atoms with Gasteiger partial charge >= 0.3 is 5.97 Å². The summed E-state index contributed by atoms with van der Waals surface area (Å²) in [6, 6.07) is 14.2. The third-order valence-corrected chi connectivity index (χ3v) is 5.47. The molecular formula is C22H22ClN3O4. The highest BCUT2D eigenvalue weighted by Gasteiger charge is 2.47. The van der Waals surface area contributed by atoms with Gasteiger partial charge in [0, 0.05) is 12.1 Å². The first-order valence-electron chi connectivity index (χ1n) is 9.76. The van der Waals surface area contributed by atoms with E-state index in [1.54, 1.807) is 26.2 Å². The van der Waals surface area contributed by atoms with Gasteiger partial charge in [-0.05, 0) is 36.8 Å². The minimum absolute atomic E-state index is 0.186. The predicted octanol–water partition coefficient (Wildman–Crippen LogP) is 3.45. The van der Waals surface area contributed by atoms with Crippen molar-refractivity contribution in [1.82, 2.24) is 9.55 Å². The number of amides is 1. The van der Waals surface area contributed by atoms with E-state index in [2.05, 4.69) is 0 Å². The number of hydrogen-bond donors (Lipinski definition) is 0. The number of ether oxygens (including phenoxy) is 2. The third kappa shape index (κ3) is 3.44. The minimum atomic E-state index is -1.05. The van der Waals surface area contributed by atoms with Crippen molar-refractivity contribution in [1.29, 1.82) is 0 Å². The van der Waals surface area contributed by atoms with E-state index in [0.717, 1.165) is 16.6 Å². The Bertz CT molecular complexity index is 1080. The number of benzene rings is 2. The Morgan fingerprint density at radius 3 is 2.60 bits per heavy atom. The number of aromatic nitrogens is 2. The average Bonchev–Trinajstić information content (AvgIpc) is 3.12. The van der Waals surface area contributed by atoms with Crippen LogP contribution in [0.15, 0.2) is 48.5 Å². The van der Waals surface area contributed by atoms with E-state index in [1.807, 2.05) is 41.0 Å². The predicted molar refractivity (Wildman–Crippen MR) is 114 cm³/mol. The van der Waals surface area contributed by atoms with Crippen LogP contribution in [-0.2, 0) is 19.1 Å². The summed E-state index contributed by atoms with van der Waals surface area (Å²) in [6.45, 7) is 2.51. The number of para-hydroxylation sites is 2. The van der Waals surface area contributed by atoms with Gasteiger partial charge in [-0.25, -0.2) is 4.98 Å². The van der Waals surface area contributed by atoms with Crippen LogP contribution in [-0.4, -0.2) is 48.3 Å². The van der Waals surface area contributed by atoms with Crippen LogP contribution in [0.25, 0.3) is 11.0 Å². The fraction of sp³-hybridized carbons (Fsp3) is 0.318. The van der Waals surface area contributed by atoms with E-state index in [0.29, 0.717) is 17.6 Å². The summed E-state index contributed by atoms with van der Waals surface area (Å²) in [6.07, 6.45) is 0. The summed E-state index contributed by atoms with van der Waals surface area (Å²) in [5, 5.41) is 0.575. The van der Waals surface area contributed by atoms with Gasteiger partial charge in [0.05, 0.1) is 36.8 Å². The molecule has 4 rings (SSSR count). The average molecular weight is 428 g/mol. The van der Waals surface area contributed by atoms with Crippen molar-refractivity contribution in [3.63, 3.8) is 0 Å². The monoisotopic (exact) mass is 427 g/mol. The van der Waals surface area contributed by atoms with Crippen LogP contribution in [0.4, 0.5) is 5.95 Å². The molecule has 1 amide bonds. The highest BCUT2D eigenvalue weighted by atomic mass is 35.5. The first-order valence-corrected chi connectivity index (χ1v) is 10.1. The number of imidazole rings is 1. The number of esters is 1. The summed E-state index contributed by atoms with van der Waals surface area (Å²) in [7, 11) is 1.57. The lowest BCUT2D eigenvalue weighted by Gasteiger charge is -2.37. The summed E-state index contributed by atoms with van der Waals surface area (Å²) in [5.41, 5.74) is 2.35. The van der Waals surface area contributed by atoms with E-state index >= 15 is 0 Å². The number of fused-ring (bicyclic) bond motifs is 3. The summed E-state index contributed by atoms with van der Waals surface area (Å²) in [5.74, 6) is -1.48. The minimum Gasteiger partial charge on any atom is -0.465 e. The fourth-order valence-electron chi connectivity index (χ4n) is 3.90. The van der Waals surface area contributed by atoms with Gasteiger partial charge in [-0.1, -0.05) is 35.9 Å². The SMILES string of the molecule is CCOC(=O)C1C(=O)N(CCOC)c2nc3ccccc3n2C1c1ccc(Cl)cc1. The van der Waals surface area contributed by atoms with Crippen LogP contribution in [0.5, 0.6) is 0 Å². The molecule has 1 aromatic heterocycles. The molecule has 2 unspecified atom stereocenters. The molecule has 0 bridgehead atoms. The molecule has 156 valence electrons. The number of methoxy groups -OCH3 is 1. The molecule has 0 aliphatic carbocycles. The third-order valence-electron chi connectivity index (χ3n) is 5.22. The molecule has 0 N–H and O–H groups in total. The molecule has 2 atom stereocenters. The standard InChI is InChI=1S/C22H22ClN3O4/c1-3-30-21(28)18-19(14-8-10-15(23)11-9-14)26-17-7-5-4-6-16(17)24-22(26)25(20(18)27)12-13-29-2/h4-11,18-19H,3,12-13H2,1-2H3. The van der Waals surface area contributed by atoms with Crippen molar-refractivity contribution in [2.24, 2.45) is 5.92 Å². The second-order valence-electron chi connectivity index (χ2n) is 6.98. The maximum absolute atomic E-state index is 13.5. The number of rotatable bonds is 6. The Morgan fingerprint density at radius 2 is 1.90 bits per heavy atom. The second kappa shape index (κ2) is 8.45. The van der Waals surface area contributed by atoms with Gasteiger partial charge in [-0.15, -0.1) is 0 Å². The Morgan fingerprint density at radius 1 is 1.17 bits per heavy atom. The lowest BCUT2D eigenvalue weighted by molar-refractivity contribution is -0.153. The molecule has 0 saturated heterocycles. The Hall–Kier alpha value is -2.90. The van der Waals surface area contributed by atoms with Crippen molar-refractivity contribution >= 4 is 40.5 Å². The molecule has 30 heavy (non-hydrogen) atoms. The zero-order valence-electron chi connectivity index (χ0n) is 16.7. The molecule has 0 spiro atoms. The highest BCUT2D eigenvalue weighted by molar-refractivity contribution is 6.30. The van der Waals surface area contributed by atoms with Crippen molar-refractivity contribution < 1.29 is 19.1 Å². The molecule has 0 radical (unpaired) electrons. The van der Waals surface area contributed by atoms with Crippen LogP contribution in [0.2, 0.25) is 5.02 Å². The number of anilines is 1. The number of carbonyl (C=O) groups is 2.